The highest BCUT2D eigenvalue weighted by Gasteiger charge is 2.45. The number of ketones is 2. The lowest BCUT2D eigenvalue weighted by atomic mass is 9.89. The van der Waals surface area contributed by atoms with Gasteiger partial charge in [0.1, 0.15) is 6.04 Å². The number of amides is 5. The summed E-state index contributed by atoms with van der Waals surface area (Å²) in [6.07, 6.45) is 6.49. The van der Waals surface area contributed by atoms with Gasteiger partial charge in [0.2, 0.25) is 17.6 Å². The molecule has 13 heteroatoms. The molecule has 3 aliphatic heterocycles. The molecular formula is C38H39N5O8. The number of imide groups is 2. The molecule has 7 rings (SSSR count). The van der Waals surface area contributed by atoms with Crippen molar-refractivity contribution in [2.24, 2.45) is 5.92 Å². The van der Waals surface area contributed by atoms with Gasteiger partial charge in [0, 0.05) is 48.9 Å². The molecule has 1 atom stereocenters. The van der Waals surface area contributed by atoms with Crippen LogP contribution in [0.1, 0.15) is 115 Å². The summed E-state index contributed by atoms with van der Waals surface area (Å²) in [6.45, 7) is 3.64. The maximum atomic E-state index is 13.3. The number of anilines is 1. The Balaban J connectivity index is 0.792. The number of fused-ring (bicyclic) bond motifs is 3. The van der Waals surface area contributed by atoms with Crippen LogP contribution in [0.2, 0.25) is 0 Å². The van der Waals surface area contributed by atoms with E-state index in [2.05, 4.69) is 20.9 Å². The number of nitrogens with zero attached hydrogens (tertiary/aromatic N) is 2. The Morgan fingerprint density at radius 3 is 2.31 bits per heavy atom. The molecule has 0 saturated carbocycles. The molecule has 2 saturated heterocycles. The lowest BCUT2D eigenvalue weighted by Crippen LogP contribution is -2.54. The van der Waals surface area contributed by atoms with Crippen LogP contribution in [0.3, 0.4) is 0 Å². The van der Waals surface area contributed by atoms with E-state index in [4.69, 9.17) is 4.42 Å². The average Bonchev–Trinajstić information content (AvgIpc) is 3.70. The fourth-order valence-electron chi connectivity index (χ4n) is 7.52. The van der Waals surface area contributed by atoms with E-state index in [9.17, 15) is 33.6 Å². The molecule has 264 valence electrons. The Kier molecular flexibility index (Phi) is 9.63. The number of hydrogen-bond acceptors (Lipinski definition) is 10. The quantitative estimate of drug-likeness (QED) is 0.147. The number of carbonyl (C=O) groups excluding carboxylic acids is 7. The van der Waals surface area contributed by atoms with Crippen LogP contribution < -0.4 is 16.0 Å². The molecule has 0 bridgehead atoms. The van der Waals surface area contributed by atoms with Gasteiger partial charge < -0.3 is 20.0 Å². The highest BCUT2D eigenvalue weighted by molar-refractivity contribution is 6.28. The van der Waals surface area contributed by atoms with Crippen LogP contribution >= 0.6 is 0 Å². The van der Waals surface area contributed by atoms with E-state index in [-0.39, 0.29) is 52.4 Å². The second kappa shape index (κ2) is 14.4. The van der Waals surface area contributed by atoms with Crippen LogP contribution in [0.15, 0.2) is 52.9 Å². The molecule has 5 amide bonds. The number of hydrogen-bond donors (Lipinski definition) is 3. The Hall–Kier alpha value is -5.43. The Labute approximate surface area is 294 Å². The molecule has 3 N–H and O–H groups in total. The van der Waals surface area contributed by atoms with Crippen LogP contribution in [0.25, 0.3) is 0 Å². The Bertz CT molecular complexity index is 1890. The predicted molar refractivity (Wildman–Crippen MR) is 184 cm³/mol. The number of rotatable bonds is 12. The van der Waals surface area contributed by atoms with Gasteiger partial charge in [-0.25, -0.2) is 0 Å². The maximum absolute atomic E-state index is 13.3. The van der Waals surface area contributed by atoms with E-state index in [0.717, 1.165) is 56.5 Å². The molecule has 51 heavy (non-hydrogen) atoms. The molecule has 2 aromatic carbocycles. The van der Waals surface area contributed by atoms with Crippen LogP contribution in [0.4, 0.5) is 5.69 Å². The zero-order valence-electron chi connectivity index (χ0n) is 28.1. The van der Waals surface area contributed by atoms with Gasteiger partial charge in [-0.05, 0) is 56.8 Å². The summed E-state index contributed by atoms with van der Waals surface area (Å²) in [4.78, 5) is 92.0. The first-order valence-corrected chi connectivity index (χ1v) is 17.6. The van der Waals surface area contributed by atoms with Crippen LogP contribution in [-0.2, 0) is 9.59 Å². The largest absolute Gasteiger partial charge is 0.447 e. The minimum absolute atomic E-state index is 0.0453. The molecule has 1 aromatic heterocycles. The van der Waals surface area contributed by atoms with Gasteiger partial charge in [0.05, 0.1) is 16.7 Å². The fourth-order valence-corrected chi connectivity index (χ4v) is 7.52. The van der Waals surface area contributed by atoms with Crippen molar-refractivity contribution in [3.05, 3.63) is 87.9 Å². The lowest BCUT2D eigenvalue weighted by molar-refractivity contribution is -0.136. The first-order chi connectivity index (χ1) is 24.7. The topological polar surface area (TPSA) is 175 Å². The zero-order chi connectivity index (χ0) is 35.6. The molecule has 0 spiro atoms. The van der Waals surface area contributed by atoms with Gasteiger partial charge in [-0.3, -0.25) is 43.8 Å². The van der Waals surface area contributed by atoms with Crippen molar-refractivity contribution in [3.63, 3.8) is 0 Å². The number of carbonyl (C=O) groups is 7. The van der Waals surface area contributed by atoms with Crippen molar-refractivity contribution in [3.8, 4) is 0 Å². The van der Waals surface area contributed by atoms with Crippen molar-refractivity contribution in [1.82, 2.24) is 20.4 Å². The first kappa shape index (κ1) is 34.0. The van der Waals surface area contributed by atoms with E-state index in [1.165, 1.54) is 6.07 Å². The summed E-state index contributed by atoms with van der Waals surface area (Å²) in [5.74, 6) is -2.73. The van der Waals surface area contributed by atoms with Gasteiger partial charge in [0.15, 0.2) is 17.3 Å². The molecule has 13 nitrogen and oxygen atoms in total. The summed E-state index contributed by atoms with van der Waals surface area (Å²) < 4.78 is 5.56. The van der Waals surface area contributed by atoms with Crippen molar-refractivity contribution < 1.29 is 38.0 Å². The third kappa shape index (κ3) is 6.73. The van der Waals surface area contributed by atoms with Crippen LogP contribution in [0, 0.1) is 5.92 Å². The third-order valence-corrected chi connectivity index (χ3v) is 10.3. The van der Waals surface area contributed by atoms with E-state index < -0.39 is 41.4 Å². The second-order valence-corrected chi connectivity index (χ2v) is 13.5. The highest BCUT2D eigenvalue weighted by Crippen LogP contribution is 2.33. The van der Waals surface area contributed by atoms with Crippen LogP contribution in [-0.4, -0.2) is 89.7 Å². The summed E-state index contributed by atoms with van der Waals surface area (Å²) in [5.41, 5.74) is 1.83. The number of piperidine rings is 2. The van der Waals surface area contributed by atoms with Crippen molar-refractivity contribution in [2.75, 3.05) is 38.0 Å². The van der Waals surface area contributed by atoms with Crippen molar-refractivity contribution in [2.45, 2.75) is 57.4 Å². The summed E-state index contributed by atoms with van der Waals surface area (Å²) in [5, 5.41) is 8.39. The summed E-state index contributed by atoms with van der Waals surface area (Å²) in [7, 11) is 0. The van der Waals surface area contributed by atoms with Gasteiger partial charge in [-0.1, -0.05) is 49.6 Å². The summed E-state index contributed by atoms with van der Waals surface area (Å²) >= 11 is 0. The maximum Gasteiger partial charge on any atom is 0.287 e. The molecular weight excluding hydrogens is 654 g/mol. The smallest absolute Gasteiger partial charge is 0.287 e. The number of likely N-dealkylation sites (tertiary alicyclic amines) is 1. The van der Waals surface area contributed by atoms with Crippen molar-refractivity contribution in [1.29, 1.82) is 0 Å². The predicted octanol–water partition coefficient (Wildman–Crippen LogP) is 3.57. The van der Waals surface area contributed by atoms with Gasteiger partial charge >= 0.3 is 0 Å². The second-order valence-electron chi connectivity index (χ2n) is 13.5. The standard InChI is InChI=1S/C38H39N5O8/c44-30-13-12-28(35(47)41-30)43-37(49)25-10-6-11-27(31(25)38(43)50)39-16-5-1-2-7-22-14-18-42(19-15-22)20-17-40-36(48)29-21-26-32(45)23-8-3-4-9-24(23)33(46)34(26)51-29/h3-4,6,8-11,21-22,28,39H,1-2,5,7,12-20H2,(H,40,48)(H,41,44,47). The monoisotopic (exact) mass is 693 g/mol. The third-order valence-electron chi connectivity index (χ3n) is 10.3. The number of unbranched alkanes of at least 4 members (excludes halogenated alkanes) is 2. The average molecular weight is 694 g/mol. The van der Waals surface area contributed by atoms with E-state index >= 15 is 0 Å². The molecule has 0 radical (unpaired) electrons. The van der Waals surface area contributed by atoms with Gasteiger partial charge in [0.25, 0.3) is 17.7 Å². The van der Waals surface area contributed by atoms with Gasteiger partial charge in [-0.2, -0.15) is 0 Å². The van der Waals surface area contributed by atoms with E-state index in [1.807, 2.05) is 0 Å². The van der Waals surface area contributed by atoms with Crippen LogP contribution in [0.5, 0.6) is 0 Å². The molecule has 1 aliphatic carbocycles. The van der Waals surface area contributed by atoms with E-state index in [0.29, 0.717) is 36.8 Å². The molecule has 4 aliphatic rings. The number of benzene rings is 2. The highest BCUT2D eigenvalue weighted by atomic mass is 16.4. The van der Waals surface area contributed by atoms with Crippen molar-refractivity contribution >= 4 is 46.8 Å². The minimum atomic E-state index is -0.990. The minimum Gasteiger partial charge on any atom is -0.447 e. The first-order valence-electron chi connectivity index (χ1n) is 17.6. The molecule has 4 heterocycles. The zero-order valence-corrected chi connectivity index (χ0v) is 28.1. The Morgan fingerprint density at radius 2 is 1.55 bits per heavy atom. The molecule has 1 unspecified atom stereocenters. The fraction of sp³-hybridized carbons (Fsp3) is 0.395. The lowest BCUT2D eigenvalue weighted by Gasteiger charge is -2.32. The summed E-state index contributed by atoms with van der Waals surface area (Å²) in [6, 6.07) is 12.0. The molecule has 3 aromatic rings. The normalized spacial score (nSPS) is 19.1. The van der Waals surface area contributed by atoms with E-state index in [1.54, 1.807) is 42.5 Å². The SMILES string of the molecule is O=C1CCC(N2C(=O)c3cccc(NCCCCCC4CCN(CCNC(=O)c5cc6c(o5)C(=O)c5ccccc5C6=O)CC4)c3C2=O)C(=O)N1. The molecule has 2 fully saturated rings. The number of furan rings is 1. The Morgan fingerprint density at radius 1 is 0.804 bits per heavy atom. The van der Waals surface area contributed by atoms with Gasteiger partial charge in [-0.15, -0.1) is 0 Å². The number of nitrogens with one attached hydrogen (secondary N) is 3.